The van der Waals surface area contributed by atoms with Crippen LogP contribution in [0, 0.1) is 6.92 Å². The molecule has 6 heteroatoms. The summed E-state index contributed by atoms with van der Waals surface area (Å²) < 4.78 is 5.71. The zero-order chi connectivity index (χ0) is 17.3. The summed E-state index contributed by atoms with van der Waals surface area (Å²) in [6, 6.07) is 1.76. The van der Waals surface area contributed by atoms with E-state index in [4.69, 9.17) is 4.74 Å². The summed E-state index contributed by atoms with van der Waals surface area (Å²) in [5, 5.41) is 13.0. The van der Waals surface area contributed by atoms with E-state index < -0.39 is 0 Å². The number of rotatable bonds is 3. The monoisotopic (exact) mass is 333 g/mol. The number of nitrogens with zero attached hydrogens (tertiary/aromatic N) is 2. The number of ether oxygens (including phenoxy) is 1. The molecule has 1 spiro atoms. The van der Waals surface area contributed by atoms with Gasteiger partial charge in [0.2, 0.25) is 5.88 Å². The van der Waals surface area contributed by atoms with Crippen molar-refractivity contribution < 1.29 is 14.6 Å². The second-order valence-corrected chi connectivity index (χ2v) is 7.34. The topological polar surface area (TPSA) is 74.7 Å². The first-order valence-corrected chi connectivity index (χ1v) is 8.80. The third-order valence-corrected chi connectivity index (χ3v) is 4.98. The fraction of sp³-hybridized carbons (Fsp3) is 0.667. The van der Waals surface area contributed by atoms with Crippen molar-refractivity contribution >= 4 is 11.7 Å². The number of piperidine rings is 1. The number of carbonyl (C=O) groups excluding carboxylic acids is 1. The molecule has 0 aromatic carbocycles. The zero-order valence-corrected chi connectivity index (χ0v) is 14.7. The Bertz CT molecular complexity index is 614. The summed E-state index contributed by atoms with van der Waals surface area (Å²) in [6.07, 6.45) is 5.80. The van der Waals surface area contributed by atoms with Crippen molar-refractivity contribution in [1.29, 1.82) is 0 Å². The molecule has 24 heavy (non-hydrogen) atoms. The third-order valence-electron chi connectivity index (χ3n) is 4.98. The van der Waals surface area contributed by atoms with Gasteiger partial charge in [-0.3, -0.25) is 0 Å². The second kappa shape index (κ2) is 6.59. The highest BCUT2D eigenvalue weighted by Gasteiger charge is 2.48. The van der Waals surface area contributed by atoms with Gasteiger partial charge in [-0.25, -0.2) is 9.78 Å². The zero-order valence-electron chi connectivity index (χ0n) is 14.7. The number of aromatic nitrogens is 1. The highest BCUT2D eigenvalue weighted by Crippen LogP contribution is 2.44. The molecule has 2 aliphatic rings. The van der Waals surface area contributed by atoms with Gasteiger partial charge in [-0.15, -0.1) is 0 Å². The molecular weight excluding hydrogens is 306 g/mol. The summed E-state index contributed by atoms with van der Waals surface area (Å²) in [5.41, 5.74) is 1.40. The smallest absolute Gasteiger partial charge is 0.322 e. The Labute approximate surface area is 143 Å². The van der Waals surface area contributed by atoms with Crippen LogP contribution in [-0.2, 0) is 0 Å². The van der Waals surface area contributed by atoms with E-state index in [0.717, 1.165) is 24.8 Å². The minimum Gasteiger partial charge on any atom is -0.473 e. The van der Waals surface area contributed by atoms with Crippen molar-refractivity contribution in [3.05, 3.63) is 17.8 Å². The van der Waals surface area contributed by atoms with Crippen molar-refractivity contribution in [3.8, 4) is 5.88 Å². The standard InChI is InChI=1S/C18H27N3O3/c1-12(2)24-16-15(9-13(3)11-19-16)20-17(23)21-8-5-14(22)10-18(21)6-4-7-18/h9,11-12,14,22H,4-8,10H2,1-3H3,(H,20,23). The molecule has 6 nitrogen and oxygen atoms in total. The molecule has 132 valence electrons. The summed E-state index contributed by atoms with van der Waals surface area (Å²) in [4.78, 5) is 19.1. The van der Waals surface area contributed by atoms with Gasteiger partial charge in [-0.05, 0) is 64.5 Å². The van der Waals surface area contributed by atoms with Crippen molar-refractivity contribution in [3.63, 3.8) is 0 Å². The fourth-order valence-corrected chi connectivity index (χ4v) is 3.69. The molecule has 1 aliphatic heterocycles. The largest absolute Gasteiger partial charge is 0.473 e. The first-order chi connectivity index (χ1) is 11.4. The lowest BCUT2D eigenvalue weighted by Crippen LogP contribution is -2.62. The average molecular weight is 333 g/mol. The number of likely N-dealkylation sites (tertiary alicyclic amines) is 1. The number of hydrogen-bond acceptors (Lipinski definition) is 4. The fourth-order valence-electron chi connectivity index (χ4n) is 3.69. The van der Waals surface area contributed by atoms with Crippen molar-refractivity contribution in [1.82, 2.24) is 9.88 Å². The van der Waals surface area contributed by atoms with Crippen LogP contribution in [0.3, 0.4) is 0 Å². The van der Waals surface area contributed by atoms with Crippen LogP contribution >= 0.6 is 0 Å². The number of nitrogens with one attached hydrogen (secondary N) is 1. The van der Waals surface area contributed by atoms with Crippen molar-refractivity contribution in [2.45, 2.75) is 70.6 Å². The summed E-state index contributed by atoms with van der Waals surface area (Å²) in [6.45, 7) is 6.39. The Hall–Kier alpha value is -1.82. The Kier molecular flexibility index (Phi) is 4.67. The van der Waals surface area contributed by atoms with E-state index in [1.165, 1.54) is 0 Å². The van der Waals surface area contributed by atoms with Gasteiger partial charge in [-0.2, -0.15) is 0 Å². The first-order valence-electron chi connectivity index (χ1n) is 8.80. The van der Waals surface area contributed by atoms with Crippen LogP contribution in [-0.4, -0.2) is 45.3 Å². The van der Waals surface area contributed by atoms with Crippen molar-refractivity contribution in [2.24, 2.45) is 0 Å². The summed E-state index contributed by atoms with van der Waals surface area (Å²) >= 11 is 0. The van der Waals surface area contributed by atoms with Crippen molar-refractivity contribution in [2.75, 3.05) is 11.9 Å². The van der Waals surface area contributed by atoms with Crippen LogP contribution in [0.1, 0.15) is 51.5 Å². The molecule has 1 saturated carbocycles. The van der Waals surface area contributed by atoms with E-state index in [2.05, 4.69) is 10.3 Å². The van der Waals surface area contributed by atoms with E-state index in [-0.39, 0.29) is 23.8 Å². The molecule has 0 bridgehead atoms. The SMILES string of the molecule is Cc1cnc(OC(C)C)c(NC(=O)N2CCC(O)CC23CCC3)c1. The molecule has 0 radical (unpaired) electrons. The maximum absolute atomic E-state index is 12.9. The average Bonchev–Trinajstić information content (AvgIpc) is 2.47. The van der Waals surface area contributed by atoms with E-state index in [0.29, 0.717) is 31.0 Å². The van der Waals surface area contributed by atoms with Crippen LogP contribution in [0.15, 0.2) is 12.3 Å². The number of aliphatic hydroxyl groups is 1. The molecule has 2 fully saturated rings. The maximum atomic E-state index is 12.9. The maximum Gasteiger partial charge on any atom is 0.322 e. The lowest BCUT2D eigenvalue weighted by Gasteiger charge is -2.54. The molecule has 2 amide bonds. The molecule has 1 aliphatic carbocycles. The molecule has 3 rings (SSSR count). The van der Waals surface area contributed by atoms with Gasteiger partial charge < -0.3 is 20.1 Å². The van der Waals surface area contributed by atoms with Crippen LogP contribution < -0.4 is 10.1 Å². The number of amides is 2. The van der Waals surface area contributed by atoms with Crippen LogP contribution in [0.5, 0.6) is 5.88 Å². The van der Waals surface area contributed by atoms with E-state index in [1.54, 1.807) is 6.20 Å². The summed E-state index contributed by atoms with van der Waals surface area (Å²) in [5.74, 6) is 0.448. The quantitative estimate of drug-likeness (QED) is 0.891. The predicted octanol–water partition coefficient (Wildman–Crippen LogP) is 3.09. The number of anilines is 1. The molecule has 2 N–H and O–H groups in total. The third kappa shape index (κ3) is 3.34. The molecular formula is C18H27N3O3. The van der Waals surface area contributed by atoms with Crippen LogP contribution in [0.25, 0.3) is 0 Å². The minimum absolute atomic E-state index is 0.0148. The Morgan fingerprint density at radius 3 is 2.88 bits per heavy atom. The molecule has 1 aromatic heterocycles. The number of aliphatic hydroxyl groups excluding tert-OH is 1. The number of aryl methyl sites for hydroxylation is 1. The highest BCUT2D eigenvalue weighted by molar-refractivity contribution is 5.91. The molecule has 1 aromatic rings. The van der Waals surface area contributed by atoms with Gasteiger partial charge in [0.1, 0.15) is 5.69 Å². The second-order valence-electron chi connectivity index (χ2n) is 7.34. The van der Waals surface area contributed by atoms with Gasteiger partial charge in [0, 0.05) is 18.3 Å². The van der Waals surface area contributed by atoms with Gasteiger partial charge in [0.25, 0.3) is 0 Å². The van der Waals surface area contributed by atoms with E-state index in [9.17, 15) is 9.90 Å². The Morgan fingerprint density at radius 2 is 2.25 bits per heavy atom. The van der Waals surface area contributed by atoms with Gasteiger partial charge in [-0.1, -0.05) is 0 Å². The van der Waals surface area contributed by atoms with Crippen LogP contribution in [0.4, 0.5) is 10.5 Å². The number of pyridine rings is 1. The van der Waals surface area contributed by atoms with Gasteiger partial charge in [0.15, 0.2) is 0 Å². The lowest BCUT2D eigenvalue weighted by molar-refractivity contribution is -0.0368. The Morgan fingerprint density at radius 1 is 1.50 bits per heavy atom. The van der Waals surface area contributed by atoms with E-state index in [1.807, 2.05) is 31.7 Å². The van der Waals surface area contributed by atoms with Gasteiger partial charge >= 0.3 is 6.03 Å². The summed E-state index contributed by atoms with van der Waals surface area (Å²) in [7, 11) is 0. The van der Waals surface area contributed by atoms with E-state index >= 15 is 0 Å². The van der Waals surface area contributed by atoms with Crippen LogP contribution in [0.2, 0.25) is 0 Å². The highest BCUT2D eigenvalue weighted by atomic mass is 16.5. The number of carbonyl (C=O) groups is 1. The predicted molar refractivity (Wildman–Crippen MR) is 92.3 cm³/mol. The molecule has 1 unspecified atom stereocenters. The Balaban J connectivity index is 1.78. The molecule has 1 saturated heterocycles. The minimum atomic E-state index is -0.296. The number of urea groups is 1. The first kappa shape index (κ1) is 17.0. The van der Waals surface area contributed by atoms with Gasteiger partial charge in [0.05, 0.1) is 12.2 Å². The normalized spacial score (nSPS) is 22.4. The molecule has 2 heterocycles. The number of hydrogen-bond donors (Lipinski definition) is 2. The lowest BCUT2D eigenvalue weighted by atomic mass is 9.69. The molecule has 1 atom stereocenters.